The van der Waals surface area contributed by atoms with Gasteiger partial charge in [0.1, 0.15) is 5.54 Å². The van der Waals surface area contributed by atoms with Crippen molar-refractivity contribution in [3.8, 4) is 6.07 Å². The minimum Gasteiger partial charge on any atom is -0.333 e. The Kier molecular flexibility index (Phi) is 6.98. The van der Waals surface area contributed by atoms with Crippen molar-refractivity contribution in [2.45, 2.75) is 32.1 Å². The number of nitrogens with one attached hydrogen (secondary N) is 2. The summed E-state index contributed by atoms with van der Waals surface area (Å²) in [6, 6.07) is 11.3. The van der Waals surface area contributed by atoms with Gasteiger partial charge in [-0.1, -0.05) is 44.2 Å². The number of nitrogens with zero attached hydrogens (tertiary/aromatic N) is 2. The number of hydrogen-bond donors (Lipinski definition) is 2. The Morgan fingerprint density at radius 1 is 1.30 bits per heavy atom. The number of hydrogen-bond acceptors (Lipinski definition) is 4. The van der Waals surface area contributed by atoms with Gasteiger partial charge in [-0.25, -0.2) is 8.42 Å². The molecule has 1 atom stereocenters. The first kappa shape index (κ1) is 21.4. The molecule has 1 heterocycles. The molecule has 7 nitrogen and oxygen atoms in total. The number of amides is 1. The maximum atomic E-state index is 12.6. The van der Waals surface area contributed by atoms with Crippen LogP contribution >= 0.6 is 0 Å². The van der Waals surface area contributed by atoms with Crippen LogP contribution in [0.25, 0.3) is 0 Å². The number of sulfonamides is 1. The number of piperazine rings is 1. The summed E-state index contributed by atoms with van der Waals surface area (Å²) in [5, 5.41) is 12.1. The SMILES string of the molecule is CC(C)[C@@](C)(C#N)NC(=O)C[NH+]1CCN(S(=O)(=O)Cc2ccccc2)CC1. The van der Waals surface area contributed by atoms with Crippen LogP contribution in [0.15, 0.2) is 30.3 Å². The average Bonchev–Trinajstić information content (AvgIpc) is 2.62. The minimum absolute atomic E-state index is 0.00132. The normalized spacial score (nSPS) is 18.6. The average molecular weight is 394 g/mol. The van der Waals surface area contributed by atoms with E-state index in [0.29, 0.717) is 26.2 Å². The smallest absolute Gasteiger partial charge is 0.276 e. The highest BCUT2D eigenvalue weighted by atomic mass is 32.2. The lowest BCUT2D eigenvalue weighted by atomic mass is 9.90. The fourth-order valence-corrected chi connectivity index (χ4v) is 4.53. The zero-order valence-electron chi connectivity index (χ0n) is 16.2. The molecule has 8 heteroatoms. The summed E-state index contributed by atoms with van der Waals surface area (Å²) >= 11 is 0. The Morgan fingerprint density at radius 2 is 1.89 bits per heavy atom. The Labute approximate surface area is 162 Å². The van der Waals surface area contributed by atoms with Crippen molar-refractivity contribution in [2.75, 3.05) is 32.7 Å². The molecule has 1 aromatic carbocycles. The molecule has 0 unspecified atom stereocenters. The first-order valence-corrected chi connectivity index (χ1v) is 10.8. The van der Waals surface area contributed by atoms with Gasteiger partial charge in [0.2, 0.25) is 10.0 Å². The zero-order chi connectivity index (χ0) is 20.1. The van der Waals surface area contributed by atoms with E-state index in [2.05, 4.69) is 11.4 Å². The van der Waals surface area contributed by atoms with E-state index in [1.54, 1.807) is 6.92 Å². The second kappa shape index (κ2) is 8.83. The number of nitriles is 1. The molecule has 1 aliphatic rings. The molecule has 27 heavy (non-hydrogen) atoms. The van der Waals surface area contributed by atoms with Crippen LogP contribution in [-0.2, 0) is 20.6 Å². The van der Waals surface area contributed by atoms with Gasteiger partial charge in [0, 0.05) is 0 Å². The van der Waals surface area contributed by atoms with Crippen LogP contribution in [0.2, 0.25) is 0 Å². The van der Waals surface area contributed by atoms with E-state index in [9.17, 15) is 18.5 Å². The van der Waals surface area contributed by atoms with Crippen molar-refractivity contribution < 1.29 is 18.1 Å². The van der Waals surface area contributed by atoms with Crippen LogP contribution in [0.4, 0.5) is 0 Å². The number of carbonyl (C=O) groups excluding carboxylic acids is 1. The first-order valence-electron chi connectivity index (χ1n) is 9.24. The standard InChI is InChI=1S/C19H28N4O3S/c1-16(2)19(3,15-20)21-18(24)13-22-9-11-23(12-10-22)27(25,26)14-17-7-5-4-6-8-17/h4-8,16H,9-14H2,1-3H3,(H,21,24)/p+1/t19-/m1/s1. The highest BCUT2D eigenvalue weighted by Gasteiger charge is 2.33. The Balaban J connectivity index is 1.86. The van der Waals surface area contributed by atoms with Crippen LogP contribution in [0.3, 0.4) is 0 Å². The van der Waals surface area contributed by atoms with E-state index < -0.39 is 15.6 Å². The second-order valence-electron chi connectivity index (χ2n) is 7.58. The summed E-state index contributed by atoms with van der Waals surface area (Å²) in [4.78, 5) is 13.3. The number of quaternary nitrogens is 1. The predicted molar refractivity (Wildman–Crippen MR) is 103 cm³/mol. The van der Waals surface area contributed by atoms with Crippen molar-refractivity contribution in [3.63, 3.8) is 0 Å². The molecule has 0 radical (unpaired) electrons. The van der Waals surface area contributed by atoms with Gasteiger partial charge in [-0.15, -0.1) is 0 Å². The van der Waals surface area contributed by atoms with Gasteiger partial charge in [0.15, 0.2) is 6.54 Å². The van der Waals surface area contributed by atoms with E-state index in [4.69, 9.17) is 0 Å². The Hall–Kier alpha value is -1.95. The summed E-state index contributed by atoms with van der Waals surface area (Å²) in [7, 11) is -3.36. The molecular formula is C19H29N4O3S+. The van der Waals surface area contributed by atoms with Crippen molar-refractivity contribution >= 4 is 15.9 Å². The van der Waals surface area contributed by atoms with Crippen LogP contribution in [0.1, 0.15) is 26.3 Å². The minimum atomic E-state index is -3.36. The highest BCUT2D eigenvalue weighted by molar-refractivity contribution is 7.88. The van der Waals surface area contributed by atoms with Gasteiger partial charge in [-0.3, -0.25) is 4.79 Å². The molecule has 2 rings (SSSR count). The molecule has 1 amide bonds. The molecule has 1 saturated heterocycles. The van der Waals surface area contributed by atoms with Crippen molar-refractivity contribution in [1.82, 2.24) is 9.62 Å². The predicted octanol–water partition coefficient (Wildman–Crippen LogP) is -0.229. The molecule has 2 N–H and O–H groups in total. The van der Waals surface area contributed by atoms with E-state index in [0.717, 1.165) is 10.5 Å². The van der Waals surface area contributed by atoms with Crippen molar-refractivity contribution in [2.24, 2.45) is 5.92 Å². The lowest BCUT2D eigenvalue weighted by Crippen LogP contribution is -3.16. The lowest BCUT2D eigenvalue weighted by molar-refractivity contribution is -0.895. The van der Waals surface area contributed by atoms with Gasteiger partial charge in [-0.05, 0) is 18.4 Å². The van der Waals surface area contributed by atoms with Crippen molar-refractivity contribution in [1.29, 1.82) is 5.26 Å². The molecule has 0 aliphatic carbocycles. The monoisotopic (exact) mass is 393 g/mol. The molecule has 0 spiro atoms. The molecule has 1 fully saturated rings. The maximum absolute atomic E-state index is 12.6. The summed E-state index contributed by atoms with van der Waals surface area (Å²) in [6.45, 7) is 7.71. The molecular weight excluding hydrogens is 364 g/mol. The highest BCUT2D eigenvalue weighted by Crippen LogP contribution is 2.14. The van der Waals surface area contributed by atoms with Gasteiger partial charge in [0.25, 0.3) is 5.91 Å². The third kappa shape index (κ3) is 5.76. The molecule has 1 aromatic rings. The first-order chi connectivity index (χ1) is 12.7. The van der Waals surface area contributed by atoms with E-state index in [1.807, 2.05) is 44.2 Å². The number of benzene rings is 1. The van der Waals surface area contributed by atoms with Crippen molar-refractivity contribution in [3.05, 3.63) is 35.9 Å². The van der Waals surface area contributed by atoms with Crippen LogP contribution in [-0.4, -0.2) is 56.9 Å². The second-order valence-corrected chi connectivity index (χ2v) is 9.55. The zero-order valence-corrected chi connectivity index (χ0v) is 17.1. The molecule has 0 aromatic heterocycles. The number of carbonyl (C=O) groups is 1. The topological polar surface area (TPSA) is 94.7 Å². The summed E-state index contributed by atoms with van der Waals surface area (Å²) < 4.78 is 26.7. The molecule has 0 bridgehead atoms. The number of rotatable bonds is 7. The fraction of sp³-hybridized carbons (Fsp3) is 0.579. The van der Waals surface area contributed by atoms with E-state index >= 15 is 0 Å². The summed E-state index contributed by atoms with van der Waals surface area (Å²) in [5.74, 6) is -0.178. The summed E-state index contributed by atoms with van der Waals surface area (Å²) in [5.41, 5.74) is -0.117. The van der Waals surface area contributed by atoms with Gasteiger partial charge >= 0.3 is 0 Å². The Bertz CT molecular complexity index is 781. The molecule has 148 valence electrons. The quantitative estimate of drug-likeness (QED) is 0.669. The fourth-order valence-electron chi connectivity index (χ4n) is 3.00. The largest absolute Gasteiger partial charge is 0.333 e. The van der Waals surface area contributed by atoms with Gasteiger partial charge in [-0.2, -0.15) is 9.57 Å². The third-order valence-electron chi connectivity index (χ3n) is 5.21. The van der Waals surface area contributed by atoms with Crippen LogP contribution in [0, 0.1) is 17.2 Å². The maximum Gasteiger partial charge on any atom is 0.276 e. The van der Waals surface area contributed by atoms with Crippen LogP contribution < -0.4 is 10.2 Å². The van der Waals surface area contributed by atoms with E-state index in [-0.39, 0.29) is 24.1 Å². The van der Waals surface area contributed by atoms with Crippen LogP contribution in [0.5, 0.6) is 0 Å². The lowest BCUT2D eigenvalue weighted by Gasteiger charge is -2.32. The van der Waals surface area contributed by atoms with E-state index in [1.165, 1.54) is 4.31 Å². The molecule has 1 aliphatic heterocycles. The summed E-state index contributed by atoms with van der Waals surface area (Å²) in [6.07, 6.45) is 0. The Morgan fingerprint density at radius 3 is 2.41 bits per heavy atom. The molecule has 0 saturated carbocycles. The van der Waals surface area contributed by atoms with Gasteiger partial charge in [0.05, 0.1) is 38.0 Å². The van der Waals surface area contributed by atoms with Gasteiger partial charge < -0.3 is 10.2 Å². The third-order valence-corrected chi connectivity index (χ3v) is 7.06.